The van der Waals surface area contributed by atoms with Gasteiger partial charge in [-0.2, -0.15) is 0 Å². The lowest BCUT2D eigenvalue weighted by Crippen LogP contribution is -2.51. The van der Waals surface area contributed by atoms with Crippen LogP contribution in [0.4, 0.5) is 5.82 Å². The number of hydrogen-bond donors (Lipinski definition) is 0. The minimum Gasteiger partial charge on any atom is -0.353 e. The summed E-state index contributed by atoms with van der Waals surface area (Å²) < 4.78 is -0.906. The van der Waals surface area contributed by atoms with Crippen LogP contribution >= 0.6 is 23.2 Å². The van der Waals surface area contributed by atoms with Gasteiger partial charge in [0.15, 0.2) is 0 Å². The zero-order chi connectivity index (χ0) is 17.7. The first-order valence-corrected chi connectivity index (χ1v) is 9.17. The van der Waals surface area contributed by atoms with Crippen LogP contribution in [0.15, 0.2) is 6.07 Å². The summed E-state index contributed by atoms with van der Waals surface area (Å²) in [5.41, 5.74) is 0.343. The van der Waals surface area contributed by atoms with E-state index in [1.165, 1.54) is 0 Å². The molecule has 2 aliphatic rings. The van der Waals surface area contributed by atoms with E-state index in [-0.39, 0.29) is 5.91 Å². The molecule has 24 heavy (non-hydrogen) atoms. The number of piperazine rings is 1. The van der Waals surface area contributed by atoms with E-state index in [0.29, 0.717) is 25.4 Å². The standard InChI is InChI=1S/C17H24Cl2N4O/c1-11(2)14-20-12(3)9-13(21-14)22-5-7-23(8-6-22)15(24)16(4)10-17(16,18)19/h9,11H,5-8,10H2,1-4H3/t16-/m0/s1. The Labute approximate surface area is 153 Å². The van der Waals surface area contributed by atoms with Crippen LogP contribution in [-0.2, 0) is 4.79 Å². The van der Waals surface area contributed by atoms with Crippen molar-refractivity contribution in [2.45, 2.75) is 44.4 Å². The summed E-state index contributed by atoms with van der Waals surface area (Å²) in [4.78, 5) is 25.9. The first kappa shape index (κ1) is 17.7. The number of amides is 1. The normalized spacial score (nSPS) is 26.0. The van der Waals surface area contributed by atoms with Crippen molar-refractivity contribution in [1.29, 1.82) is 0 Å². The third-order valence-electron chi connectivity index (χ3n) is 5.00. The average molecular weight is 371 g/mol. The fraction of sp³-hybridized carbons (Fsp3) is 0.706. The summed E-state index contributed by atoms with van der Waals surface area (Å²) in [6.45, 7) is 10.9. The molecule has 0 N–H and O–H groups in total. The van der Waals surface area contributed by atoms with Gasteiger partial charge in [-0.25, -0.2) is 9.97 Å². The highest BCUT2D eigenvalue weighted by Crippen LogP contribution is 2.64. The fourth-order valence-corrected chi connectivity index (χ4v) is 3.81. The Kier molecular flexibility index (Phi) is 4.45. The van der Waals surface area contributed by atoms with Crippen LogP contribution in [0.25, 0.3) is 0 Å². The maximum atomic E-state index is 12.7. The summed E-state index contributed by atoms with van der Waals surface area (Å²) in [5, 5.41) is 0. The molecule has 0 spiro atoms. The fourth-order valence-electron chi connectivity index (χ4n) is 3.11. The van der Waals surface area contributed by atoms with E-state index in [1.807, 2.05) is 24.8 Å². The predicted molar refractivity (Wildman–Crippen MR) is 96.8 cm³/mol. The molecule has 132 valence electrons. The van der Waals surface area contributed by atoms with Gasteiger partial charge in [0, 0.05) is 43.9 Å². The second-order valence-electron chi connectivity index (χ2n) is 7.37. The van der Waals surface area contributed by atoms with Gasteiger partial charge in [0.2, 0.25) is 5.91 Å². The zero-order valence-corrected chi connectivity index (χ0v) is 16.2. The molecule has 7 heteroatoms. The molecule has 0 unspecified atom stereocenters. The maximum Gasteiger partial charge on any atom is 0.231 e. The number of nitrogens with zero attached hydrogens (tertiary/aromatic N) is 4. The monoisotopic (exact) mass is 370 g/mol. The molecule has 1 saturated heterocycles. The Balaban J connectivity index is 1.67. The van der Waals surface area contributed by atoms with Gasteiger partial charge < -0.3 is 9.80 Å². The van der Waals surface area contributed by atoms with Crippen molar-refractivity contribution in [2.75, 3.05) is 31.1 Å². The van der Waals surface area contributed by atoms with Crippen LogP contribution < -0.4 is 4.90 Å². The van der Waals surface area contributed by atoms with Crippen LogP contribution in [-0.4, -0.2) is 51.3 Å². The van der Waals surface area contributed by atoms with Gasteiger partial charge in [-0.15, -0.1) is 23.2 Å². The maximum absolute atomic E-state index is 12.7. The van der Waals surface area contributed by atoms with Crippen molar-refractivity contribution in [3.8, 4) is 0 Å². The second-order valence-corrected chi connectivity index (χ2v) is 8.86. The Bertz CT molecular complexity index is 656. The molecule has 1 aliphatic carbocycles. The summed E-state index contributed by atoms with van der Waals surface area (Å²) in [5.74, 6) is 2.17. The molecule has 0 radical (unpaired) electrons. The molecule has 1 saturated carbocycles. The topological polar surface area (TPSA) is 49.3 Å². The van der Waals surface area contributed by atoms with Crippen LogP contribution in [0.2, 0.25) is 0 Å². The largest absolute Gasteiger partial charge is 0.353 e. The summed E-state index contributed by atoms with van der Waals surface area (Å²) in [6, 6.07) is 2.01. The molecule has 1 amide bonds. The quantitative estimate of drug-likeness (QED) is 0.766. The Morgan fingerprint density at radius 1 is 1.21 bits per heavy atom. The van der Waals surface area contributed by atoms with Crippen molar-refractivity contribution in [3.63, 3.8) is 0 Å². The SMILES string of the molecule is Cc1cc(N2CCN(C(=O)[C@]3(C)CC3(Cl)Cl)CC2)nc(C(C)C)n1. The van der Waals surface area contributed by atoms with Gasteiger partial charge in [0.25, 0.3) is 0 Å². The van der Waals surface area contributed by atoms with E-state index in [9.17, 15) is 4.79 Å². The molecule has 1 aromatic rings. The third-order valence-corrected chi connectivity index (χ3v) is 6.10. The first-order valence-electron chi connectivity index (χ1n) is 8.42. The van der Waals surface area contributed by atoms with Crippen LogP contribution in [0.1, 0.15) is 44.6 Å². The third kappa shape index (κ3) is 3.08. The Morgan fingerprint density at radius 2 is 1.79 bits per heavy atom. The summed E-state index contributed by atoms with van der Waals surface area (Å²) in [7, 11) is 0. The lowest BCUT2D eigenvalue weighted by atomic mass is 10.1. The number of aryl methyl sites for hydroxylation is 1. The highest BCUT2D eigenvalue weighted by molar-refractivity contribution is 6.53. The number of hydrogen-bond acceptors (Lipinski definition) is 4. The molecule has 2 fully saturated rings. The van der Waals surface area contributed by atoms with Crippen molar-refractivity contribution in [2.24, 2.45) is 5.41 Å². The first-order chi connectivity index (χ1) is 11.1. The number of rotatable bonds is 3. The smallest absolute Gasteiger partial charge is 0.231 e. The number of anilines is 1. The molecule has 2 heterocycles. The van der Waals surface area contributed by atoms with E-state index in [4.69, 9.17) is 23.2 Å². The molecular formula is C17H24Cl2N4O. The Morgan fingerprint density at radius 3 is 2.29 bits per heavy atom. The summed E-state index contributed by atoms with van der Waals surface area (Å²) in [6.07, 6.45) is 0.533. The molecule has 1 aromatic heterocycles. The minimum absolute atomic E-state index is 0.0638. The molecule has 3 rings (SSSR count). The highest BCUT2D eigenvalue weighted by atomic mass is 35.5. The molecule has 1 atom stereocenters. The van der Waals surface area contributed by atoms with Crippen molar-refractivity contribution < 1.29 is 4.79 Å². The molecule has 0 aromatic carbocycles. The highest BCUT2D eigenvalue weighted by Gasteiger charge is 2.68. The van der Waals surface area contributed by atoms with Gasteiger partial charge in [-0.05, 0) is 20.3 Å². The minimum atomic E-state index is -0.906. The van der Waals surface area contributed by atoms with Crippen LogP contribution in [0.5, 0.6) is 0 Å². The van der Waals surface area contributed by atoms with Crippen LogP contribution in [0.3, 0.4) is 0 Å². The lowest BCUT2D eigenvalue weighted by Gasteiger charge is -2.37. The van der Waals surface area contributed by atoms with Crippen LogP contribution in [0, 0.1) is 12.3 Å². The summed E-state index contributed by atoms with van der Waals surface area (Å²) >= 11 is 12.3. The molecule has 0 bridgehead atoms. The number of aromatic nitrogens is 2. The predicted octanol–water partition coefficient (Wildman–Crippen LogP) is 3.14. The molecule has 5 nitrogen and oxygen atoms in total. The van der Waals surface area contributed by atoms with Crippen molar-refractivity contribution in [3.05, 3.63) is 17.6 Å². The van der Waals surface area contributed by atoms with E-state index < -0.39 is 9.75 Å². The zero-order valence-electron chi connectivity index (χ0n) is 14.6. The number of alkyl halides is 2. The van der Waals surface area contributed by atoms with E-state index in [0.717, 1.165) is 30.4 Å². The van der Waals surface area contributed by atoms with Gasteiger partial charge in [0.1, 0.15) is 16.0 Å². The van der Waals surface area contributed by atoms with Crippen molar-refractivity contribution in [1.82, 2.24) is 14.9 Å². The Hall–Kier alpha value is -1.07. The van der Waals surface area contributed by atoms with Crippen molar-refractivity contribution >= 4 is 34.9 Å². The second kappa shape index (κ2) is 6.03. The number of carbonyl (C=O) groups excluding carboxylic acids is 1. The number of halogens is 2. The molecular weight excluding hydrogens is 347 g/mol. The molecule has 1 aliphatic heterocycles. The lowest BCUT2D eigenvalue weighted by molar-refractivity contribution is -0.136. The van der Waals surface area contributed by atoms with E-state index >= 15 is 0 Å². The van der Waals surface area contributed by atoms with Gasteiger partial charge in [-0.1, -0.05) is 13.8 Å². The van der Waals surface area contributed by atoms with Gasteiger partial charge in [0.05, 0.1) is 5.41 Å². The number of carbonyl (C=O) groups is 1. The van der Waals surface area contributed by atoms with Gasteiger partial charge in [-0.3, -0.25) is 4.79 Å². The van der Waals surface area contributed by atoms with Gasteiger partial charge >= 0.3 is 0 Å². The average Bonchev–Trinajstić information content (AvgIpc) is 3.05. The van der Waals surface area contributed by atoms with E-state index in [2.05, 4.69) is 28.7 Å². The van der Waals surface area contributed by atoms with E-state index in [1.54, 1.807) is 0 Å².